The van der Waals surface area contributed by atoms with Crippen molar-refractivity contribution >= 4 is 10.9 Å². The first kappa shape index (κ1) is 15.9. The second-order valence-corrected chi connectivity index (χ2v) is 5.76. The van der Waals surface area contributed by atoms with Gasteiger partial charge in [-0.3, -0.25) is 9.59 Å². The summed E-state index contributed by atoms with van der Waals surface area (Å²) >= 11 is 0. The van der Waals surface area contributed by atoms with Crippen LogP contribution in [0.4, 0.5) is 8.78 Å². The van der Waals surface area contributed by atoms with Crippen LogP contribution >= 0.6 is 0 Å². The number of aryl methyl sites for hydroxylation is 1. The summed E-state index contributed by atoms with van der Waals surface area (Å²) < 4.78 is 30.9. The summed E-state index contributed by atoms with van der Waals surface area (Å²) in [4.78, 5) is 26.5. The van der Waals surface area contributed by atoms with Crippen molar-refractivity contribution in [2.75, 3.05) is 0 Å². The summed E-state index contributed by atoms with van der Waals surface area (Å²) in [5.74, 6) is -1.61. The van der Waals surface area contributed by atoms with Crippen molar-refractivity contribution in [3.63, 3.8) is 0 Å². The Labute approximate surface area is 145 Å². The van der Waals surface area contributed by atoms with Gasteiger partial charge in [-0.05, 0) is 24.3 Å². The molecule has 0 amide bonds. The van der Waals surface area contributed by atoms with Crippen LogP contribution in [0.5, 0.6) is 0 Å². The number of H-pyrrole nitrogens is 1. The Bertz CT molecular complexity index is 1250. The molecule has 130 valence electrons. The number of rotatable bonds is 2. The Morgan fingerprint density at radius 3 is 2.46 bits per heavy atom. The van der Waals surface area contributed by atoms with E-state index < -0.39 is 17.2 Å². The van der Waals surface area contributed by atoms with Gasteiger partial charge in [0.15, 0.2) is 11.6 Å². The van der Waals surface area contributed by atoms with Crippen molar-refractivity contribution in [3.8, 4) is 16.9 Å². The number of hydrogen-bond acceptors (Lipinski definition) is 3. The maximum atomic E-state index is 14.3. The fourth-order valence-corrected chi connectivity index (χ4v) is 2.88. The van der Waals surface area contributed by atoms with Crippen LogP contribution in [0.15, 0.2) is 58.4 Å². The molecule has 0 spiro atoms. The molecule has 26 heavy (non-hydrogen) atoms. The molecule has 0 aliphatic carbocycles. The van der Waals surface area contributed by atoms with E-state index in [0.717, 1.165) is 16.8 Å². The van der Waals surface area contributed by atoms with Gasteiger partial charge < -0.3 is 9.55 Å². The zero-order chi connectivity index (χ0) is 18.4. The average molecular weight is 354 g/mol. The van der Waals surface area contributed by atoms with Crippen molar-refractivity contribution in [1.82, 2.24) is 19.3 Å². The van der Waals surface area contributed by atoms with Crippen LogP contribution in [0.1, 0.15) is 0 Å². The molecule has 0 aliphatic heterocycles. The van der Waals surface area contributed by atoms with Crippen LogP contribution in [0.25, 0.3) is 27.8 Å². The molecule has 4 rings (SSSR count). The van der Waals surface area contributed by atoms with Crippen LogP contribution < -0.4 is 11.1 Å². The van der Waals surface area contributed by atoms with E-state index >= 15 is 0 Å². The third-order valence-electron chi connectivity index (χ3n) is 4.11. The molecule has 0 aliphatic rings. The highest BCUT2D eigenvalue weighted by Crippen LogP contribution is 2.28. The molecule has 3 heterocycles. The number of fused-ring (bicyclic) bond motifs is 1. The first-order chi connectivity index (χ1) is 12.5. The molecular formula is C18H12F2N4O2. The number of nitrogens with one attached hydrogen (secondary N) is 1. The van der Waals surface area contributed by atoms with Crippen molar-refractivity contribution < 1.29 is 8.78 Å². The number of aromatic amines is 1. The molecule has 0 saturated heterocycles. The summed E-state index contributed by atoms with van der Waals surface area (Å²) in [6.45, 7) is 0. The molecule has 0 fully saturated rings. The third kappa shape index (κ3) is 2.34. The fraction of sp³-hybridized carbons (Fsp3) is 0.0556. The third-order valence-corrected chi connectivity index (χ3v) is 4.11. The lowest BCUT2D eigenvalue weighted by molar-refractivity contribution is 0.563. The topological polar surface area (TPSA) is 72.7 Å². The number of pyridine rings is 2. The van der Waals surface area contributed by atoms with Crippen LogP contribution in [-0.2, 0) is 7.05 Å². The minimum Gasteiger partial charge on any atom is -0.328 e. The standard InChI is InChI=1S/C18H12F2N4O2/c1-23-9-10(5-6-14(23)25)16-15-13(7-8-21-18(15)26)24(22-16)17-11(19)3-2-4-12(17)20/h2-9H,1H3,(H,21,26). The quantitative estimate of drug-likeness (QED) is 0.601. The molecule has 0 radical (unpaired) electrons. The Hall–Kier alpha value is -3.55. The minimum absolute atomic E-state index is 0.175. The Balaban J connectivity index is 2.12. The zero-order valence-corrected chi connectivity index (χ0v) is 13.5. The van der Waals surface area contributed by atoms with E-state index in [1.165, 1.54) is 41.2 Å². The highest BCUT2D eigenvalue weighted by atomic mass is 19.1. The highest BCUT2D eigenvalue weighted by Gasteiger charge is 2.20. The molecule has 8 heteroatoms. The SMILES string of the molecule is Cn1cc(-c2nn(-c3c(F)cccc3F)c3cc[nH]c(=O)c23)ccc1=O. The lowest BCUT2D eigenvalue weighted by atomic mass is 10.1. The maximum absolute atomic E-state index is 14.3. The average Bonchev–Trinajstić information content (AvgIpc) is 2.98. The Morgan fingerprint density at radius 1 is 1.04 bits per heavy atom. The van der Waals surface area contributed by atoms with Crippen LogP contribution in [0, 0.1) is 11.6 Å². The lowest BCUT2D eigenvalue weighted by Gasteiger charge is -2.06. The first-order valence-electron chi connectivity index (χ1n) is 7.69. The lowest BCUT2D eigenvalue weighted by Crippen LogP contribution is -2.14. The van der Waals surface area contributed by atoms with E-state index in [1.54, 1.807) is 7.05 Å². The number of halogens is 2. The number of benzene rings is 1. The second kappa shape index (κ2) is 5.76. The number of aromatic nitrogens is 4. The summed E-state index contributed by atoms with van der Waals surface area (Å²) in [7, 11) is 1.56. The number of hydrogen-bond donors (Lipinski definition) is 1. The predicted octanol–water partition coefficient (Wildman–Crippen LogP) is 2.36. The van der Waals surface area contributed by atoms with Crippen LogP contribution in [-0.4, -0.2) is 19.3 Å². The molecule has 0 atom stereocenters. The van der Waals surface area contributed by atoms with E-state index in [-0.39, 0.29) is 27.8 Å². The van der Waals surface area contributed by atoms with E-state index in [2.05, 4.69) is 10.1 Å². The molecule has 0 saturated carbocycles. The minimum atomic E-state index is -0.804. The van der Waals surface area contributed by atoms with Gasteiger partial charge in [0.25, 0.3) is 5.56 Å². The molecule has 1 N–H and O–H groups in total. The Kier molecular flexibility index (Phi) is 3.54. The van der Waals surface area contributed by atoms with Crippen molar-refractivity contribution in [3.05, 3.63) is 81.1 Å². The summed E-state index contributed by atoms with van der Waals surface area (Å²) in [5.41, 5.74) is -0.105. The highest BCUT2D eigenvalue weighted by molar-refractivity contribution is 5.93. The van der Waals surface area contributed by atoms with Gasteiger partial charge in [-0.2, -0.15) is 5.10 Å². The van der Waals surface area contributed by atoms with Gasteiger partial charge in [0.05, 0.1) is 10.9 Å². The van der Waals surface area contributed by atoms with Gasteiger partial charge in [-0.1, -0.05) is 6.07 Å². The van der Waals surface area contributed by atoms with Gasteiger partial charge in [0.2, 0.25) is 5.56 Å². The van der Waals surface area contributed by atoms with E-state index in [0.29, 0.717) is 5.56 Å². The fourth-order valence-electron chi connectivity index (χ4n) is 2.88. The molecule has 4 aromatic rings. The van der Waals surface area contributed by atoms with E-state index in [4.69, 9.17) is 0 Å². The first-order valence-corrected chi connectivity index (χ1v) is 7.69. The van der Waals surface area contributed by atoms with Crippen LogP contribution in [0.2, 0.25) is 0 Å². The van der Waals surface area contributed by atoms with Gasteiger partial charge in [-0.15, -0.1) is 0 Å². The smallest absolute Gasteiger partial charge is 0.259 e. The van der Waals surface area contributed by atoms with Gasteiger partial charge in [-0.25, -0.2) is 13.5 Å². The van der Waals surface area contributed by atoms with Crippen molar-refractivity contribution in [2.24, 2.45) is 7.05 Å². The number of nitrogens with zero attached hydrogens (tertiary/aromatic N) is 3. The second-order valence-electron chi connectivity index (χ2n) is 5.76. The van der Waals surface area contributed by atoms with E-state index in [1.807, 2.05) is 0 Å². The summed E-state index contributed by atoms with van der Waals surface area (Å²) in [6, 6.07) is 7.84. The zero-order valence-electron chi connectivity index (χ0n) is 13.5. The normalized spacial score (nSPS) is 11.2. The molecule has 1 aromatic carbocycles. The maximum Gasteiger partial charge on any atom is 0.259 e. The summed E-state index contributed by atoms with van der Waals surface area (Å²) in [5, 5.41) is 4.46. The number of para-hydroxylation sites is 1. The largest absolute Gasteiger partial charge is 0.328 e. The predicted molar refractivity (Wildman–Crippen MR) is 92.3 cm³/mol. The van der Waals surface area contributed by atoms with Gasteiger partial charge in [0.1, 0.15) is 11.4 Å². The monoisotopic (exact) mass is 354 g/mol. The summed E-state index contributed by atoms with van der Waals surface area (Å²) in [6.07, 6.45) is 2.89. The molecule has 6 nitrogen and oxygen atoms in total. The van der Waals surface area contributed by atoms with Crippen molar-refractivity contribution in [1.29, 1.82) is 0 Å². The van der Waals surface area contributed by atoms with Gasteiger partial charge >= 0.3 is 0 Å². The Morgan fingerprint density at radius 2 is 1.77 bits per heavy atom. The van der Waals surface area contributed by atoms with Crippen molar-refractivity contribution in [2.45, 2.75) is 0 Å². The molecule has 3 aromatic heterocycles. The molecular weight excluding hydrogens is 342 g/mol. The molecule has 0 unspecified atom stereocenters. The molecule has 0 bridgehead atoms. The van der Waals surface area contributed by atoms with Gasteiger partial charge in [0, 0.05) is 31.1 Å². The van der Waals surface area contributed by atoms with E-state index in [9.17, 15) is 18.4 Å². The van der Waals surface area contributed by atoms with Crippen LogP contribution in [0.3, 0.4) is 0 Å².